The van der Waals surface area contributed by atoms with Crippen molar-refractivity contribution in [2.24, 2.45) is 0 Å². The fourth-order valence-corrected chi connectivity index (χ4v) is 7.56. The van der Waals surface area contributed by atoms with Crippen molar-refractivity contribution in [1.82, 2.24) is 9.88 Å². The van der Waals surface area contributed by atoms with Crippen LogP contribution in [0.1, 0.15) is 41.1 Å². The molecular formula is C26H27N3OS3. The van der Waals surface area contributed by atoms with E-state index in [2.05, 4.69) is 42.3 Å². The number of fused-ring (bicyclic) bond motifs is 2. The lowest BCUT2D eigenvalue weighted by Crippen LogP contribution is -2.30. The monoisotopic (exact) mass is 493 g/mol. The van der Waals surface area contributed by atoms with Crippen LogP contribution in [0.4, 0.5) is 5.00 Å². The number of carbonyl (C=O) groups is 1. The van der Waals surface area contributed by atoms with Gasteiger partial charge in [0.2, 0.25) is 0 Å². The maximum atomic E-state index is 13.4. The number of hydrogen-bond acceptors (Lipinski definition) is 6. The van der Waals surface area contributed by atoms with Crippen molar-refractivity contribution < 1.29 is 4.79 Å². The molecular weight excluding hydrogens is 467 g/mol. The quantitative estimate of drug-likeness (QED) is 0.278. The summed E-state index contributed by atoms with van der Waals surface area (Å²) in [7, 11) is 0. The van der Waals surface area contributed by atoms with Crippen LogP contribution in [0.5, 0.6) is 0 Å². The number of amides is 1. The van der Waals surface area contributed by atoms with Gasteiger partial charge in [-0.1, -0.05) is 38.1 Å². The molecule has 0 spiro atoms. The highest BCUT2D eigenvalue weighted by molar-refractivity contribution is 7.99. The number of hydrogen-bond donors (Lipinski definition) is 1. The number of rotatable bonds is 7. The Bertz CT molecular complexity index is 1260. The van der Waals surface area contributed by atoms with Crippen molar-refractivity contribution >= 4 is 55.6 Å². The van der Waals surface area contributed by atoms with E-state index in [1.807, 2.05) is 30.3 Å². The predicted octanol–water partition coefficient (Wildman–Crippen LogP) is 7.16. The van der Waals surface area contributed by atoms with Gasteiger partial charge in [-0.15, -0.1) is 34.4 Å². The molecule has 1 amide bonds. The van der Waals surface area contributed by atoms with Crippen molar-refractivity contribution in [1.29, 1.82) is 0 Å². The molecule has 7 heteroatoms. The molecule has 2 aromatic carbocycles. The largest absolute Gasteiger partial charge is 0.313 e. The van der Waals surface area contributed by atoms with Gasteiger partial charge in [-0.05, 0) is 55.0 Å². The van der Waals surface area contributed by atoms with E-state index in [0.717, 1.165) is 69.8 Å². The molecule has 1 aliphatic rings. The fraction of sp³-hybridized carbons (Fsp3) is 0.308. The minimum atomic E-state index is -0.0436. The minimum Gasteiger partial charge on any atom is -0.313 e. The zero-order valence-electron chi connectivity index (χ0n) is 18.9. The summed E-state index contributed by atoms with van der Waals surface area (Å²) in [5, 5.41) is 5.22. The van der Waals surface area contributed by atoms with Crippen molar-refractivity contribution in [3.05, 3.63) is 64.5 Å². The molecule has 0 aliphatic carbocycles. The maximum Gasteiger partial charge on any atom is 0.257 e. The lowest BCUT2D eigenvalue weighted by Gasteiger charge is -2.26. The number of thiophene rings is 1. The van der Waals surface area contributed by atoms with Crippen molar-refractivity contribution in [2.75, 3.05) is 24.2 Å². The van der Waals surface area contributed by atoms with Crippen LogP contribution in [-0.2, 0) is 13.0 Å². The highest BCUT2D eigenvalue weighted by Gasteiger charge is 2.28. The first-order valence-electron chi connectivity index (χ1n) is 11.4. The molecule has 0 atom stereocenters. The molecule has 4 aromatic rings. The Labute approximate surface area is 207 Å². The predicted molar refractivity (Wildman–Crippen MR) is 143 cm³/mol. The van der Waals surface area contributed by atoms with Gasteiger partial charge in [-0.2, -0.15) is 0 Å². The SMILES string of the molecule is CCCN1CCc2c(sc(NC(=O)c3ccccc3SCC)c2-c2nc3ccccc3s2)C1. The number of nitrogens with one attached hydrogen (secondary N) is 1. The molecule has 5 rings (SSSR count). The second-order valence-corrected chi connectivity index (χ2v) is 11.5. The number of aromatic nitrogens is 1. The minimum absolute atomic E-state index is 0.0436. The number of carbonyl (C=O) groups excluding carboxylic acids is 1. The van der Waals surface area contributed by atoms with Crippen LogP contribution in [0, 0.1) is 0 Å². The molecule has 3 heterocycles. The standard InChI is InChI=1S/C26H27N3OS3/c1-3-14-29-15-13-17-22(16-29)33-26(23(17)25-27-19-10-6-8-12-21(19)32-25)28-24(30)18-9-5-7-11-20(18)31-4-2/h5-12H,3-4,13-16H2,1-2H3,(H,28,30). The summed E-state index contributed by atoms with van der Waals surface area (Å²) in [5.74, 6) is 0.889. The van der Waals surface area contributed by atoms with Crippen molar-refractivity contribution in [2.45, 2.75) is 38.1 Å². The van der Waals surface area contributed by atoms with Gasteiger partial charge in [0.05, 0.1) is 15.8 Å². The first-order valence-corrected chi connectivity index (χ1v) is 14.1. The number of benzene rings is 2. The second-order valence-electron chi connectivity index (χ2n) is 8.10. The highest BCUT2D eigenvalue weighted by Crippen LogP contribution is 2.46. The van der Waals surface area contributed by atoms with Crippen LogP contribution >= 0.6 is 34.4 Å². The molecule has 4 nitrogen and oxygen atoms in total. The number of thiazole rings is 1. The Morgan fingerprint density at radius 3 is 2.76 bits per heavy atom. The van der Waals surface area contributed by atoms with Gasteiger partial charge in [0.15, 0.2) is 0 Å². The van der Waals surface area contributed by atoms with Crippen LogP contribution < -0.4 is 5.32 Å². The van der Waals surface area contributed by atoms with E-state index in [9.17, 15) is 4.79 Å². The van der Waals surface area contributed by atoms with E-state index in [0.29, 0.717) is 0 Å². The normalized spacial score (nSPS) is 13.9. The molecule has 0 bridgehead atoms. The zero-order valence-corrected chi connectivity index (χ0v) is 21.3. The molecule has 0 saturated heterocycles. The van der Waals surface area contributed by atoms with Crippen LogP contribution in [0.25, 0.3) is 20.8 Å². The molecule has 0 radical (unpaired) electrons. The second kappa shape index (κ2) is 9.97. The van der Waals surface area contributed by atoms with Gasteiger partial charge >= 0.3 is 0 Å². The number of nitrogens with zero attached hydrogens (tertiary/aromatic N) is 2. The van der Waals surface area contributed by atoms with Gasteiger partial charge in [0, 0.05) is 28.4 Å². The van der Waals surface area contributed by atoms with Crippen LogP contribution in [-0.4, -0.2) is 34.6 Å². The summed E-state index contributed by atoms with van der Waals surface area (Å²) >= 11 is 5.14. The smallest absolute Gasteiger partial charge is 0.257 e. The number of thioether (sulfide) groups is 1. The van der Waals surface area contributed by atoms with Crippen molar-refractivity contribution in [3.63, 3.8) is 0 Å². The molecule has 170 valence electrons. The first-order chi connectivity index (χ1) is 16.2. The average molecular weight is 494 g/mol. The summed E-state index contributed by atoms with van der Waals surface area (Å²) in [6, 6.07) is 16.1. The highest BCUT2D eigenvalue weighted by atomic mass is 32.2. The lowest BCUT2D eigenvalue weighted by atomic mass is 10.0. The van der Waals surface area contributed by atoms with E-state index < -0.39 is 0 Å². The Morgan fingerprint density at radius 1 is 1.12 bits per heavy atom. The summed E-state index contributed by atoms with van der Waals surface area (Å²) in [5.41, 5.74) is 4.24. The fourth-order valence-electron chi connectivity index (χ4n) is 4.36. The van der Waals surface area contributed by atoms with E-state index in [4.69, 9.17) is 4.98 Å². The summed E-state index contributed by atoms with van der Waals surface area (Å²) in [6.45, 7) is 7.45. The zero-order chi connectivity index (χ0) is 22.8. The summed E-state index contributed by atoms with van der Waals surface area (Å²) in [4.78, 5) is 23.3. The van der Waals surface area contributed by atoms with Crippen LogP contribution in [0.2, 0.25) is 0 Å². The lowest BCUT2D eigenvalue weighted by molar-refractivity contribution is 0.102. The molecule has 0 fully saturated rings. The molecule has 2 aromatic heterocycles. The van der Waals surface area contributed by atoms with E-state index in [1.165, 1.54) is 15.1 Å². The van der Waals surface area contributed by atoms with E-state index in [1.54, 1.807) is 34.4 Å². The molecule has 0 unspecified atom stereocenters. The Morgan fingerprint density at radius 2 is 1.94 bits per heavy atom. The Hall–Kier alpha value is -2.19. The molecule has 1 aliphatic heterocycles. The van der Waals surface area contributed by atoms with Gasteiger partial charge in [-0.25, -0.2) is 4.98 Å². The Kier molecular flexibility index (Phi) is 6.83. The molecule has 0 saturated carbocycles. The number of anilines is 1. The third-order valence-corrected chi connectivity index (χ3v) is 8.98. The van der Waals surface area contributed by atoms with Crippen molar-refractivity contribution in [3.8, 4) is 10.6 Å². The molecule has 33 heavy (non-hydrogen) atoms. The van der Waals surface area contributed by atoms with E-state index >= 15 is 0 Å². The van der Waals surface area contributed by atoms with Crippen LogP contribution in [0.3, 0.4) is 0 Å². The topological polar surface area (TPSA) is 45.2 Å². The van der Waals surface area contributed by atoms with Gasteiger partial charge in [0.25, 0.3) is 5.91 Å². The van der Waals surface area contributed by atoms with E-state index in [-0.39, 0.29) is 5.91 Å². The van der Waals surface area contributed by atoms with Gasteiger partial charge in [0.1, 0.15) is 10.0 Å². The van der Waals surface area contributed by atoms with Crippen LogP contribution in [0.15, 0.2) is 53.4 Å². The summed E-state index contributed by atoms with van der Waals surface area (Å²) in [6.07, 6.45) is 2.15. The van der Waals surface area contributed by atoms with Gasteiger partial charge in [-0.3, -0.25) is 9.69 Å². The third kappa shape index (κ3) is 4.60. The number of para-hydroxylation sites is 1. The average Bonchev–Trinajstić information content (AvgIpc) is 3.40. The van der Waals surface area contributed by atoms with Gasteiger partial charge < -0.3 is 5.32 Å². The maximum absolute atomic E-state index is 13.4. The molecule has 1 N–H and O–H groups in total. The summed E-state index contributed by atoms with van der Waals surface area (Å²) < 4.78 is 1.18. The Balaban J connectivity index is 1.56. The third-order valence-electron chi connectivity index (χ3n) is 5.84. The first kappa shape index (κ1) is 22.6.